The van der Waals surface area contributed by atoms with Crippen molar-refractivity contribution in [3.05, 3.63) is 88.1 Å². The zero-order valence-electron chi connectivity index (χ0n) is 15.2. The Balaban J connectivity index is 1.84. The fourth-order valence-electron chi connectivity index (χ4n) is 3.39. The number of ketones is 1. The normalized spacial score (nSPS) is 11.7. The van der Waals surface area contributed by atoms with E-state index in [4.69, 9.17) is 23.2 Å². The number of hydrogen-bond donors (Lipinski definition) is 0. The second kappa shape index (κ2) is 7.30. The van der Waals surface area contributed by atoms with Crippen LogP contribution in [-0.2, 0) is 6.54 Å². The number of benzene rings is 2. The first-order valence-corrected chi connectivity index (χ1v) is 9.51. The molecule has 140 valence electrons. The highest BCUT2D eigenvalue weighted by Crippen LogP contribution is 2.27. The SMILES string of the molecule is C=CCn1c2ccccc2n2nc(C)c(C(=O)/C=C/c3ccc(Cl)c(Cl)c3)c12. The van der Waals surface area contributed by atoms with Gasteiger partial charge in [0.1, 0.15) is 5.65 Å². The molecular formula is C22H17Cl2N3O. The van der Waals surface area contributed by atoms with Crippen LogP contribution in [0.3, 0.4) is 0 Å². The van der Waals surface area contributed by atoms with Gasteiger partial charge >= 0.3 is 0 Å². The molecule has 0 aliphatic heterocycles. The van der Waals surface area contributed by atoms with E-state index in [1.807, 2.05) is 47.8 Å². The van der Waals surface area contributed by atoms with Crippen molar-refractivity contribution in [2.75, 3.05) is 0 Å². The van der Waals surface area contributed by atoms with Gasteiger partial charge < -0.3 is 4.57 Å². The minimum absolute atomic E-state index is 0.119. The average Bonchev–Trinajstić information content (AvgIpc) is 3.17. The van der Waals surface area contributed by atoms with E-state index in [-0.39, 0.29) is 5.78 Å². The Labute approximate surface area is 172 Å². The number of aromatic nitrogens is 3. The van der Waals surface area contributed by atoms with Crippen molar-refractivity contribution in [2.45, 2.75) is 13.5 Å². The van der Waals surface area contributed by atoms with Gasteiger partial charge in [0, 0.05) is 6.54 Å². The molecule has 2 aromatic heterocycles. The van der Waals surface area contributed by atoms with Crippen molar-refractivity contribution < 1.29 is 4.79 Å². The second-order valence-electron chi connectivity index (χ2n) is 6.45. The van der Waals surface area contributed by atoms with Crippen LogP contribution in [0, 0.1) is 6.92 Å². The number of carbonyl (C=O) groups is 1. The molecule has 2 heterocycles. The fourth-order valence-corrected chi connectivity index (χ4v) is 3.70. The van der Waals surface area contributed by atoms with Crippen molar-refractivity contribution in [3.63, 3.8) is 0 Å². The highest BCUT2D eigenvalue weighted by Gasteiger charge is 2.21. The molecule has 0 spiro atoms. The first kappa shape index (κ1) is 18.5. The summed E-state index contributed by atoms with van der Waals surface area (Å²) in [6.07, 6.45) is 5.09. The van der Waals surface area contributed by atoms with Crippen molar-refractivity contribution in [1.29, 1.82) is 0 Å². The number of para-hydroxylation sites is 2. The molecule has 0 saturated carbocycles. The standard InChI is InChI=1S/C22H17Cl2N3O/c1-3-12-26-18-6-4-5-7-19(18)27-22(26)21(14(2)25-27)20(28)11-9-15-8-10-16(23)17(24)13-15/h3-11,13H,1,12H2,2H3/b11-9+. The summed E-state index contributed by atoms with van der Waals surface area (Å²) in [5.74, 6) is -0.119. The predicted molar refractivity (Wildman–Crippen MR) is 115 cm³/mol. The van der Waals surface area contributed by atoms with Crippen molar-refractivity contribution in [2.24, 2.45) is 0 Å². The quantitative estimate of drug-likeness (QED) is 0.230. The molecule has 0 unspecified atom stereocenters. The molecule has 2 aromatic carbocycles. The van der Waals surface area contributed by atoms with Crippen LogP contribution < -0.4 is 0 Å². The number of nitrogens with zero attached hydrogens (tertiary/aromatic N) is 3. The molecule has 0 atom stereocenters. The first-order chi connectivity index (χ1) is 13.5. The maximum Gasteiger partial charge on any atom is 0.191 e. The van der Waals surface area contributed by atoms with Crippen LogP contribution >= 0.6 is 23.2 Å². The lowest BCUT2D eigenvalue weighted by Gasteiger charge is -2.03. The number of hydrogen-bond acceptors (Lipinski definition) is 2. The van der Waals surface area contributed by atoms with E-state index in [1.54, 1.807) is 24.3 Å². The van der Waals surface area contributed by atoms with Gasteiger partial charge in [0.15, 0.2) is 5.78 Å². The summed E-state index contributed by atoms with van der Waals surface area (Å²) < 4.78 is 3.89. The van der Waals surface area contributed by atoms with Gasteiger partial charge in [-0.3, -0.25) is 4.79 Å². The van der Waals surface area contributed by atoms with Crippen LogP contribution in [0.15, 0.2) is 61.2 Å². The van der Waals surface area contributed by atoms with Gasteiger partial charge in [-0.15, -0.1) is 6.58 Å². The largest absolute Gasteiger partial charge is 0.320 e. The van der Waals surface area contributed by atoms with Gasteiger partial charge in [-0.25, -0.2) is 4.52 Å². The van der Waals surface area contributed by atoms with E-state index in [0.717, 1.165) is 22.2 Å². The van der Waals surface area contributed by atoms with Gasteiger partial charge in [0.25, 0.3) is 0 Å². The summed E-state index contributed by atoms with van der Waals surface area (Å²) >= 11 is 12.0. The third-order valence-corrected chi connectivity index (χ3v) is 5.36. The molecule has 4 rings (SSSR count). The van der Waals surface area contributed by atoms with E-state index in [9.17, 15) is 4.79 Å². The van der Waals surface area contributed by atoms with Crippen molar-refractivity contribution in [1.82, 2.24) is 14.2 Å². The minimum atomic E-state index is -0.119. The number of aryl methyl sites for hydroxylation is 1. The Kier molecular flexibility index (Phi) is 4.84. The van der Waals surface area contributed by atoms with E-state index in [2.05, 4.69) is 16.2 Å². The molecule has 0 radical (unpaired) electrons. The zero-order chi connectivity index (χ0) is 19.8. The smallest absolute Gasteiger partial charge is 0.191 e. The highest BCUT2D eigenvalue weighted by atomic mass is 35.5. The molecule has 0 aliphatic carbocycles. The molecule has 28 heavy (non-hydrogen) atoms. The monoisotopic (exact) mass is 409 g/mol. The molecule has 4 aromatic rings. The molecule has 0 bridgehead atoms. The molecule has 0 amide bonds. The zero-order valence-corrected chi connectivity index (χ0v) is 16.7. The third kappa shape index (κ3) is 3.05. The molecule has 0 saturated heterocycles. The van der Waals surface area contributed by atoms with Crippen LogP contribution in [0.4, 0.5) is 0 Å². The maximum atomic E-state index is 13.1. The van der Waals surface area contributed by atoms with E-state index < -0.39 is 0 Å². The van der Waals surface area contributed by atoms with Crippen LogP contribution in [-0.4, -0.2) is 20.0 Å². The summed E-state index contributed by atoms with van der Waals surface area (Å²) in [5.41, 5.74) is 4.79. The Morgan fingerprint density at radius 1 is 1.14 bits per heavy atom. The fraction of sp³-hybridized carbons (Fsp3) is 0.0909. The second-order valence-corrected chi connectivity index (χ2v) is 7.27. The molecule has 0 fully saturated rings. The number of fused-ring (bicyclic) bond motifs is 3. The van der Waals surface area contributed by atoms with Crippen LogP contribution in [0.1, 0.15) is 21.6 Å². The molecule has 4 nitrogen and oxygen atoms in total. The molecule has 0 N–H and O–H groups in total. The molecule has 0 aliphatic rings. The van der Waals surface area contributed by atoms with E-state index >= 15 is 0 Å². The summed E-state index contributed by atoms with van der Waals surface area (Å²) in [4.78, 5) is 13.1. The minimum Gasteiger partial charge on any atom is -0.320 e. The number of carbonyl (C=O) groups excluding carboxylic acids is 1. The number of allylic oxidation sites excluding steroid dienone is 2. The van der Waals surface area contributed by atoms with Gasteiger partial charge in [-0.05, 0) is 42.8 Å². The van der Waals surface area contributed by atoms with E-state index in [1.165, 1.54) is 0 Å². The van der Waals surface area contributed by atoms with Gasteiger partial charge in [0.05, 0.1) is 32.3 Å². The van der Waals surface area contributed by atoms with Crippen molar-refractivity contribution in [3.8, 4) is 0 Å². The summed E-state index contributed by atoms with van der Waals surface area (Å²) in [6, 6.07) is 13.2. The molecular weight excluding hydrogens is 393 g/mol. The predicted octanol–water partition coefficient (Wildman–Crippen LogP) is 5.99. The van der Waals surface area contributed by atoms with Crippen LogP contribution in [0.25, 0.3) is 22.8 Å². The summed E-state index contributed by atoms with van der Waals surface area (Å²) in [7, 11) is 0. The van der Waals surface area contributed by atoms with Gasteiger partial charge in [-0.1, -0.05) is 53.6 Å². The van der Waals surface area contributed by atoms with Gasteiger partial charge in [-0.2, -0.15) is 5.10 Å². The number of halogens is 2. The number of rotatable bonds is 5. The Bertz CT molecular complexity index is 1260. The lowest BCUT2D eigenvalue weighted by Crippen LogP contribution is -2.02. The van der Waals surface area contributed by atoms with E-state index in [0.29, 0.717) is 27.8 Å². The Morgan fingerprint density at radius 3 is 2.61 bits per heavy atom. The Morgan fingerprint density at radius 2 is 1.89 bits per heavy atom. The summed E-state index contributed by atoms with van der Waals surface area (Å²) in [5, 5.41) is 5.54. The number of imidazole rings is 1. The van der Waals surface area contributed by atoms with Gasteiger partial charge in [0.2, 0.25) is 0 Å². The topological polar surface area (TPSA) is 39.3 Å². The maximum absolute atomic E-state index is 13.1. The lowest BCUT2D eigenvalue weighted by atomic mass is 10.1. The van der Waals surface area contributed by atoms with Crippen LogP contribution in [0.2, 0.25) is 10.0 Å². The van der Waals surface area contributed by atoms with Crippen molar-refractivity contribution >= 4 is 51.7 Å². The third-order valence-electron chi connectivity index (χ3n) is 4.62. The Hall–Kier alpha value is -2.82. The average molecular weight is 410 g/mol. The highest BCUT2D eigenvalue weighted by molar-refractivity contribution is 6.42. The summed E-state index contributed by atoms with van der Waals surface area (Å²) in [6.45, 7) is 6.28. The molecule has 6 heteroatoms. The lowest BCUT2D eigenvalue weighted by molar-refractivity contribution is 0.104. The first-order valence-electron chi connectivity index (χ1n) is 8.76. The van der Waals surface area contributed by atoms with Crippen LogP contribution in [0.5, 0.6) is 0 Å².